The van der Waals surface area contributed by atoms with Gasteiger partial charge in [-0.3, -0.25) is 9.59 Å². The third kappa shape index (κ3) is 6.64. The summed E-state index contributed by atoms with van der Waals surface area (Å²) in [5.41, 5.74) is 1.11. The maximum absolute atomic E-state index is 13.2. The molecule has 184 valence electrons. The maximum Gasteiger partial charge on any atom is 0.243 e. The fraction of sp³-hybridized carbons (Fsp3) is 0.440. The van der Waals surface area contributed by atoms with E-state index in [4.69, 9.17) is 0 Å². The minimum Gasteiger partial charge on any atom is -0.354 e. The highest BCUT2D eigenvalue weighted by atomic mass is 32.2. The first-order chi connectivity index (χ1) is 16.2. The molecule has 1 aliphatic rings. The summed E-state index contributed by atoms with van der Waals surface area (Å²) in [6.45, 7) is 4.47. The predicted molar refractivity (Wildman–Crippen MR) is 128 cm³/mol. The fourth-order valence-electron chi connectivity index (χ4n) is 4.02. The molecule has 34 heavy (non-hydrogen) atoms. The Morgan fingerprint density at radius 2 is 1.76 bits per heavy atom. The molecule has 2 aromatic carbocycles. The number of sulfonamides is 1. The molecule has 0 spiro atoms. The Labute approximate surface area is 200 Å². The zero-order valence-corrected chi connectivity index (χ0v) is 20.4. The largest absolute Gasteiger partial charge is 0.354 e. The second kappa shape index (κ2) is 11.6. The quantitative estimate of drug-likeness (QED) is 0.566. The summed E-state index contributed by atoms with van der Waals surface area (Å²) >= 11 is 0. The van der Waals surface area contributed by atoms with Crippen LogP contribution >= 0.6 is 0 Å². The summed E-state index contributed by atoms with van der Waals surface area (Å²) in [6, 6.07) is 13.7. The molecule has 1 saturated heterocycles. The molecule has 9 heteroatoms. The third-order valence-corrected chi connectivity index (χ3v) is 7.89. The average Bonchev–Trinajstić information content (AvgIpc) is 2.83. The number of carbonyl (C=O) groups is 2. The van der Waals surface area contributed by atoms with Crippen molar-refractivity contribution in [2.45, 2.75) is 44.0 Å². The fourth-order valence-corrected chi connectivity index (χ4v) is 5.54. The Kier molecular flexibility index (Phi) is 8.79. The van der Waals surface area contributed by atoms with E-state index in [0.717, 1.165) is 17.7 Å². The van der Waals surface area contributed by atoms with Crippen LogP contribution in [0.4, 0.5) is 4.39 Å². The molecule has 2 N–H and O–H groups in total. The van der Waals surface area contributed by atoms with Crippen LogP contribution in [0.2, 0.25) is 0 Å². The van der Waals surface area contributed by atoms with Gasteiger partial charge >= 0.3 is 0 Å². The van der Waals surface area contributed by atoms with Crippen LogP contribution in [0.25, 0.3) is 0 Å². The molecular formula is C25H32FN3O4S. The normalized spacial score (nSPS) is 17.8. The second-order valence-corrected chi connectivity index (χ2v) is 10.9. The maximum atomic E-state index is 13.2. The van der Waals surface area contributed by atoms with Crippen molar-refractivity contribution < 1.29 is 22.4 Å². The summed E-state index contributed by atoms with van der Waals surface area (Å²) in [6.07, 6.45) is 1.74. The number of rotatable bonds is 9. The summed E-state index contributed by atoms with van der Waals surface area (Å²) in [5, 5.41) is 5.72. The van der Waals surface area contributed by atoms with Crippen LogP contribution in [-0.4, -0.2) is 50.2 Å². The lowest BCUT2D eigenvalue weighted by atomic mass is 9.96. The van der Waals surface area contributed by atoms with E-state index in [-0.39, 0.29) is 35.7 Å². The molecule has 1 fully saturated rings. The van der Waals surface area contributed by atoms with Crippen molar-refractivity contribution in [3.05, 3.63) is 66.0 Å². The van der Waals surface area contributed by atoms with Gasteiger partial charge in [0.2, 0.25) is 21.8 Å². The number of carbonyl (C=O) groups excluding carboxylic acids is 2. The smallest absolute Gasteiger partial charge is 0.243 e. The van der Waals surface area contributed by atoms with E-state index in [0.29, 0.717) is 25.8 Å². The average molecular weight is 490 g/mol. The van der Waals surface area contributed by atoms with E-state index in [2.05, 4.69) is 10.6 Å². The number of halogens is 1. The van der Waals surface area contributed by atoms with Gasteiger partial charge in [0, 0.05) is 19.6 Å². The first-order valence-corrected chi connectivity index (χ1v) is 13.0. The molecule has 3 rings (SSSR count). The highest BCUT2D eigenvalue weighted by molar-refractivity contribution is 7.89. The van der Waals surface area contributed by atoms with E-state index in [1.165, 1.54) is 16.4 Å². The minimum atomic E-state index is -3.84. The Morgan fingerprint density at radius 3 is 2.41 bits per heavy atom. The molecule has 0 aromatic heterocycles. The Balaban J connectivity index is 1.59. The number of amides is 2. The number of piperidine rings is 1. The van der Waals surface area contributed by atoms with Gasteiger partial charge < -0.3 is 10.6 Å². The van der Waals surface area contributed by atoms with Crippen molar-refractivity contribution in [1.29, 1.82) is 0 Å². The molecule has 1 unspecified atom stereocenters. The monoisotopic (exact) mass is 489 g/mol. The molecule has 0 saturated carbocycles. The minimum absolute atomic E-state index is 0.00666. The van der Waals surface area contributed by atoms with Crippen LogP contribution in [-0.2, 0) is 26.0 Å². The SMILES string of the molecule is CC(C)[C@@H](NC(=O)C1CCCN(S(=O)(=O)c2ccc(F)cc2)C1)C(=O)NCCc1ccccc1. The Hall–Kier alpha value is -2.78. The van der Waals surface area contributed by atoms with Gasteiger partial charge in [0.25, 0.3) is 0 Å². The van der Waals surface area contributed by atoms with Crippen molar-refractivity contribution in [3.8, 4) is 0 Å². The molecule has 2 atom stereocenters. The molecule has 2 aromatic rings. The van der Waals surface area contributed by atoms with Gasteiger partial charge in [-0.15, -0.1) is 0 Å². The van der Waals surface area contributed by atoms with Crippen LogP contribution in [0.3, 0.4) is 0 Å². The molecular weight excluding hydrogens is 457 g/mol. The van der Waals surface area contributed by atoms with Crippen LogP contribution in [0, 0.1) is 17.7 Å². The van der Waals surface area contributed by atoms with Gasteiger partial charge in [-0.25, -0.2) is 12.8 Å². The van der Waals surface area contributed by atoms with Crippen LogP contribution < -0.4 is 10.6 Å². The zero-order valence-electron chi connectivity index (χ0n) is 19.5. The zero-order chi connectivity index (χ0) is 24.7. The lowest BCUT2D eigenvalue weighted by Crippen LogP contribution is -2.53. The second-order valence-electron chi connectivity index (χ2n) is 8.91. The standard InChI is InChI=1S/C25H32FN3O4S/c1-18(2)23(25(31)27-15-14-19-7-4-3-5-8-19)28-24(30)20-9-6-16-29(17-20)34(32,33)22-12-10-21(26)11-13-22/h3-5,7-8,10-13,18,20,23H,6,9,14-17H2,1-2H3,(H,27,31)(H,28,30)/t20?,23-/m1/s1. The molecule has 0 radical (unpaired) electrons. The van der Waals surface area contributed by atoms with Gasteiger partial charge in [0.15, 0.2) is 0 Å². The van der Waals surface area contributed by atoms with Crippen molar-refractivity contribution in [2.24, 2.45) is 11.8 Å². The summed E-state index contributed by atoms with van der Waals surface area (Å²) in [5.74, 6) is -1.82. The van der Waals surface area contributed by atoms with Crippen molar-refractivity contribution >= 4 is 21.8 Å². The van der Waals surface area contributed by atoms with E-state index in [9.17, 15) is 22.4 Å². The number of nitrogens with one attached hydrogen (secondary N) is 2. The number of hydrogen-bond acceptors (Lipinski definition) is 4. The topological polar surface area (TPSA) is 95.6 Å². The Morgan fingerprint density at radius 1 is 1.09 bits per heavy atom. The number of benzene rings is 2. The lowest BCUT2D eigenvalue weighted by Gasteiger charge is -2.32. The molecule has 1 heterocycles. The van der Waals surface area contributed by atoms with Gasteiger partial charge in [0.05, 0.1) is 10.8 Å². The lowest BCUT2D eigenvalue weighted by molar-refractivity contribution is -0.132. The molecule has 0 aliphatic carbocycles. The van der Waals surface area contributed by atoms with E-state index < -0.39 is 27.8 Å². The van der Waals surface area contributed by atoms with E-state index in [1.54, 1.807) is 0 Å². The molecule has 2 amide bonds. The number of hydrogen-bond donors (Lipinski definition) is 2. The van der Waals surface area contributed by atoms with Crippen LogP contribution in [0.5, 0.6) is 0 Å². The number of nitrogens with zero attached hydrogens (tertiary/aromatic N) is 1. The first-order valence-electron chi connectivity index (χ1n) is 11.6. The third-order valence-electron chi connectivity index (χ3n) is 6.01. The van der Waals surface area contributed by atoms with Crippen LogP contribution in [0.1, 0.15) is 32.3 Å². The van der Waals surface area contributed by atoms with E-state index >= 15 is 0 Å². The molecule has 1 aliphatic heterocycles. The van der Waals surface area contributed by atoms with Crippen LogP contribution in [0.15, 0.2) is 59.5 Å². The molecule has 0 bridgehead atoms. The highest BCUT2D eigenvalue weighted by Crippen LogP contribution is 2.24. The summed E-state index contributed by atoms with van der Waals surface area (Å²) in [4.78, 5) is 25.8. The summed E-state index contributed by atoms with van der Waals surface area (Å²) < 4.78 is 40.4. The summed E-state index contributed by atoms with van der Waals surface area (Å²) in [7, 11) is -3.84. The van der Waals surface area contributed by atoms with E-state index in [1.807, 2.05) is 44.2 Å². The van der Waals surface area contributed by atoms with Gasteiger partial charge in [0.1, 0.15) is 11.9 Å². The first kappa shape index (κ1) is 25.8. The van der Waals surface area contributed by atoms with Gasteiger partial charge in [-0.05, 0) is 55.0 Å². The van der Waals surface area contributed by atoms with Crippen molar-refractivity contribution in [1.82, 2.24) is 14.9 Å². The Bertz CT molecular complexity index is 1080. The van der Waals surface area contributed by atoms with Crippen molar-refractivity contribution in [3.63, 3.8) is 0 Å². The van der Waals surface area contributed by atoms with Gasteiger partial charge in [-0.2, -0.15) is 4.31 Å². The van der Waals surface area contributed by atoms with Crippen molar-refractivity contribution in [2.75, 3.05) is 19.6 Å². The predicted octanol–water partition coefficient (Wildman–Crippen LogP) is 2.73. The van der Waals surface area contributed by atoms with Gasteiger partial charge in [-0.1, -0.05) is 44.2 Å². The highest BCUT2D eigenvalue weighted by Gasteiger charge is 2.35. The molecule has 7 nitrogen and oxygen atoms in total.